The molecule has 0 saturated heterocycles. The Morgan fingerprint density at radius 2 is 0.714 bits per heavy atom. The summed E-state index contributed by atoms with van der Waals surface area (Å²) >= 11 is -3.82. The number of halogens is 2. The molecule has 4 nitrogen and oxygen atoms in total. The van der Waals surface area contributed by atoms with Crippen LogP contribution in [-0.4, -0.2) is 37.7 Å². The summed E-state index contributed by atoms with van der Waals surface area (Å²) in [5.74, 6) is 0. The molecule has 0 aliphatic rings. The average Bonchev–Trinajstić information content (AvgIpc) is 1.39. The van der Waals surface area contributed by atoms with Gasteiger partial charge in [-0.15, -0.1) is 0 Å². The van der Waals surface area contributed by atoms with Crippen LogP contribution in [0, 0.1) is 0 Å². The van der Waals surface area contributed by atoms with Gasteiger partial charge in [0.1, 0.15) is 0 Å². The van der Waals surface area contributed by atoms with Gasteiger partial charge in [-0.1, -0.05) is 0 Å². The standard InChI is InChI=1S/Ca.2IO2/c;2*2-1-3/q+2;2*-1. The van der Waals surface area contributed by atoms with Gasteiger partial charge < -0.3 is 13.7 Å². The van der Waals surface area contributed by atoms with Crippen LogP contribution in [0.2, 0.25) is 0 Å². The van der Waals surface area contributed by atoms with Crippen LogP contribution in [0.5, 0.6) is 0 Å². The second kappa shape index (κ2) is 23.5. The van der Waals surface area contributed by atoms with Crippen molar-refractivity contribution in [2.75, 3.05) is 0 Å². The Morgan fingerprint density at radius 3 is 0.714 bits per heavy atom. The van der Waals surface area contributed by atoms with Gasteiger partial charge in [0.25, 0.3) is 0 Å². The summed E-state index contributed by atoms with van der Waals surface area (Å²) in [5.41, 5.74) is 0. The van der Waals surface area contributed by atoms with E-state index in [-0.39, 0.29) is 37.7 Å². The van der Waals surface area contributed by atoms with E-state index in [1.165, 1.54) is 0 Å². The smallest absolute Gasteiger partial charge is 0.599 e. The first kappa shape index (κ1) is 16.3. The Bertz CT molecular complexity index is 11.7. The summed E-state index contributed by atoms with van der Waals surface area (Å²) in [6.45, 7) is 0. The molecule has 0 rings (SSSR count). The van der Waals surface area contributed by atoms with Gasteiger partial charge in [-0.2, -0.15) is 0 Å². The van der Waals surface area contributed by atoms with E-state index < -0.39 is 44.1 Å². The Labute approximate surface area is 93.7 Å². The molecule has 0 saturated carbocycles. The molecule has 40 valence electrons. The topological polar surface area (TPSA) is 92.2 Å². The van der Waals surface area contributed by atoms with Gasteiger partial charge in [-0.05, 0) is 0 Å². The van der Waals surface area contributed by atoms with E-state index in [4.69, 9.17) is 13.7 Å². The predicted molar refractivity (Wildman–Crippen MR) is 5.75 cm³/mol. The molecule has 7 heavy (non-hydrogen) atoms. The summed E-state index contributed by atoms with van der Waals surface area (Å²) in [7, 11) is 0. The molecule has 0 aromatic heterocycles. The minimum absolute atomic E-state index is 0. The summed E-state index contributed by atoms with van der Waals surface area (Å²) in [5, 5.41) is 0. The van der Waals surface area contributed by atoms with Crippen LogP contribution in [0.4, 0.5) is 0 Å². The Morgan fingerprint density at radius 1 is 0.714 bits per heavy atom. The molecular weight excluding hydrogens is 358 g/mol. The first-order valence-electron chi connectivity index (χ1n) is 0.617. The normalized spacial score (nSPS) is 5.14. The summed E-state index contributed by atoms with van der Waals surface area (Å²) in [6, 6.07) is 0. The average molecular weight is 358 g/mol. The fourth-order valence-corrected chi connectivity index (χ4v) is 0. The van der Waals surface area contributed by atoms with Crippen molar-refractivity contribution < 1.29 is 57.8 Å². The minimum atomic E-state index is -1.91. The zero-order valence-electron chi connectivity index (χ0n) is 3.10. The molecule has 0 amide bonds. The molecule has 0 radical (unpaired) electrons. The van der Waals surface area contributed by atoms with Crippen LogP contribution < -0.4 is 57.8 Å². The third-order valence-corrected chi connectivity index (χ3v) is 0. The van der Waals surface area contributed by atoms with E-state index in [1.54, 1.807) is 0 Å². The van der Waals surface area contributed by atoms with Crippen LogP contribution >= 0.6 is 0 Å². The third kappa shape index (κ3) is 56.2. The number of hydrogen-bond donors (Lipinski definition) is 0. The summed E-state index contributed by atoms with van der Waals surface area (Å²) < 4.78 is 33.9. The maximum atomic E-state index is 8.48. The van der Waals surface area contributed by atoms with Gasteiger partial charge in [0.05, 0.1) is 0 Å². The molecule has 0 atom stereocenters. The van der Waals surface area contributed by atoms with E-state index in [1.807, 2.05) is 0 Å². The Hall–Kier alpha value is 2.56. The van der Waals surface area contributed by atoms with Crippen LogP contribution in [0.25, 0.3) is 0 Å². The maximum Gasteiger partial charge on any atom is 2.00 e. The summed E-state index contributed by atoms with van der Waals surface area (Å²) in [6.07, 6.45) is 0. The van der Waals surface area contributed by atoms with Crippen LogP contribution in [0.1, 0.15) is 0 Å². The first-order valence-corrected chi connectivity index (χ1v) is 4.14. The maximum absolute atomic E-state index is 8.48. The zero-order chi connectivity index (χ0) is 5.41. The molecule has 0 heterocycles. The molecule has 0 bridgehead atoms. The Balaban J connectivity index is -0.0000000400. The van der Waals surface area contributed by atoms with E-state index in [0.29, 0.717) is 0 Å². The van der Waals surface area contributed by atoms with Crippen molar-refractivity contribution >= 4 is 37.7 Å². The van der Waals surface area contributed by atoms with Crippen LogP contribution in [0.15, 0.2) is 0 Å². The van der Waals surface area contributed by atoms with Crippen molar-refractivity contribution in [3.8, 4) is 0 Å². The van der Waals surface area contributed by atoms with Gasteiger partial charge in [-0.25, -0.2) is 0 Å². The minimum Gasteiger partial charge on any atom is -0.599 e. The number of rotatable bonds is 0. The molecule has 0 unspecified atom stereocenters. The Kier molecular flexibility index (Phi) is 54.7. The molecule has 0 aromatic rings. The van der Waals surface area contributed by atoms with Crippen molar-refractivity contribution in [1.82, 2.24) is 0 Å². The van der Waals surface area contributed by atoms with Gasteiger partial charge in [0, 0.05) is 0 Å². The SMILES string of the molecule is [Ca+2].[O-][I+][O-].[O-][I+][O-]. The van der Waals surface area contributed by atoms with Crippen LogP contribution in [-0.2, 0) is 0 Å². The van der Waals surface area contributed by atoms with Crippen molar-refractivity contribution in [2.24, 2.45) is 0 Å². The molecule has 7 heteroatoms. The van der Waals surface area contributed by atoms with E-state index in [9.17, 15) is 0 Å². The first-order chi connectivity index (χ1) is 2.83. The van der Waals surface area contributed by atoms with Gasteiger partial charge in [0.2, 0.25) is 0 Å². The second-order valence-electron chi connectivity index (χ2n) is 0.126. The third-order valence-electron chi connectivity index (χ3n) is 0. The predicted octanol–water partition coefficient (Wildman–Crippen LogP) is -11.1. The monoisotopic (exact) mass is 358 g/mol. The van der Waals surface area contributed by atoms with Crippen molar-refractivity contribution in [3.05, 3.63) is 0 Å². The fourth-order valence-electron chi connectivity index (χ4n) is 0. The number of hydrogen-bond acceptors (Lipinski definition) is 4. The van der Waals surface area contributed by atoms with E-state index in [2.05, 4.69) is 0 Å². The van der Waals surface area contributed by atoms with Crippen molar-refractivity contribution in [1.29, 1.82) is 0 Å². The zero-order valence-corrected chi connectivity index (χ0v) is 9.62. The molecule has 0 aromatic carbocycles. The van der Waals surface area contributed by atoms with Crippen LogP contribution in [0.3, 0.4) is 0 Å². The molecule has 0 N–H and O–H groups in total. The quantitative estimate of drug-likeness (QED) is 0.318. The van der Waals surface area contributed by atoms with E-state index in [0.717, 1.165) is 0 Å². The van der Waals surface area contributed by atoms with Gasteiger partial charge in [-0.3, -0.25) is 0 Å². The largest absolute Gasteiger partial charge is 2.00 e. The molecule has 0 spiro atoms. The molecule has 0 aliphatic carbocycles. The van der Waals surface area contributed by atoms with Crippen molar-refractivity contribution in [3.63, 3.8) is 0 Å². The van der Waals surface area contributed by atoms with Gasteiger partial charge in [0.15, 0.2) is 44.1 Å². The fraction of sp³-hybridized carbons (Fsp3) is 0. The van der Waals surface area contributed by atoms with E-state index >= 15 is 0 Å². The van der Waals surface area contributed by atoms with Gasteiger partial charge >= 0.3 is 37.7 Å². The second-order valence-corrected chi connectivity index (χ2v) is 0.845. The molecule has 0 aliphatic heterocycles. The summed E-state index contributed by atoms with van der Waals surface area (Å²) in [4.78, 5) is 0. The molecular formula is CaI2O4. The molecule has 0 fully saturated rings. The van der Waals surface area contributed by atoms with Crippen molar-refractivity contribution in [2.45, 2.75) is 0 Å².